The van der Waals surface area contributed by atoms with Gasteiger partial charge < -0.3 is 24.6 Å². The number of carbonyl (C=O) groups excluding carboxylic acids is 4. The number of para-hydroxylation sites is 1. The highest BCUT2D eigenvalue weighted by molar-refractivity contribution is 9.10. The molecule has 10 nitrogen and oxygen atoms in total. The molecule has 0 unspecified atom stereocenters. The van der Waals surface area contributed by atoms with E-state index >= 15 is 0 Å². The van der Waals surface area contributed by atoms with Gasteiger partial charge in [-0.15, -0.1) is 0 Å². The lowest BCUT2D eigenvalue weighted by molar-refractivity contribution is -0.136. The van der Waals surface area contributed by atoms with Crippen molar-refractivity contribution < 1.29 is 33.0 Å². The molecular weight excluding hydrogens is 667 g/mol. The number of ether oxygens (including phenoxy) is 2. The van der Waals surface area contributed by atoms with E-state index in [0.29, 0.717) is 54.3 Å². The lowest BCUT2D eigenvalue weighted by atomic mass is 10.1. The Labute approximate surface area is 272 Å². The molecule has 0 radical (unpaired) electrons. The van der Waals surface area contributed by atoms with Crippen LogP contribution in [0.4, 0.5) is 20.6 Å². The minimum absolute atomic E-state index is 0.170. The summed E-state index contributed by atoms with van der Waals surface area (Å²) in [6, 6.07) is 18.6. The Morgan fingerprint density at radius 2 is 1.71 bits per heavy atom. The van der Waals surface area contributed by atoms with Crippen LogP contribution in [-0.2, 0) is 14.4 Å². The van der Waals surface area contributed by atoms with Crippen LogP contribution in [-0.4, -0.2) is 78.7 Å². The van der Waals surface area contributed by atoms with E-state index in [0.717, 1.165) is 22.3 Å². The Hall–Kier alpha value is -4.36. The molecule has 5 rings (SSSR count). The number of rotatable bonds is 10. The van der Waals surface area contributed by atoms with Crippen LogP contribution in [0.2, 0.25) is 0 Å². The highest BCUT2D eigenvalue weighted by Crippen LogP contribution is 2.39. The Morgan fingerprint density at radius 3 is 2.40 bits per heavy atom. The minimum Gasteiger partial charge on any atom is -0.490 e. The zero-order valence-electron chi connectivity index (χ0n) is 24.3. The van der Waals surface area contributed by atoms with Crippen molar-refractivity contribution in [3.63, 3.8) is 0 Å². The van der Waals surface area contributed by atoms with E-state index in [1.807, 2.05) is 30.3 Å². The van der Waals surface area contributed by atoms with Crippen LogP contribution >= 0.6 is 27.7 Å². The lowest BCUT2D eigenvalue weighted by Crippen LogP contribution is -2.51. The molecule has 0 bridgehead atoms. The van der Waals surface area contributed by atoms with Gasteiger partial charge in [-0.25, -0.2) is 4.39 Å². The Morgan fingerprint density at radius 1 is 1.00 bits per heavy atom. The highest BCUT2D eigenvalue weighted by atomic mass is 79.9. The molecule has 0 saturated carbocycles. The molecule has 2 saturated heterocycles. The van der Waals surface area contributed by atoms with Gasteiger partial charge in [-0.1, -0.05) is 18.2 Å². The van der Waals surface area contributed by atoms with Gasteiger partial charge in [0.1, 0.15) is 12.4 Å². The number of piperazine rings is 1. The van der Waals surface area contributed by atoms with Crippen molar-refractivity contribution in [1.29, 1.82) is 0 Å². The number of nitrogens with zero attached hydrogens (tertiary/aromatic N) is 3. The number of benzene rings is 3. The maximum Gasteiger partial charge on any atom is 0.294 e. The van der Waals surface area contributed by atoms with Crippen molar-refractivity contribution in [3.8, 4) is 11.5 Å². The molecular formula is C32H30BrFN4O6S. The number of nitrogens with one attached hydrogen (secondary N) is 1. The first-order valence-electron chi connectivity index (χ1n) is 14.2. The van der Waals surface area contributed by atoms with Crippen LogP contribution in [0.1, 0.15) is 12.5 Å². The number of halogens is 2. The number of thioether (sulfide) groups is 1. The molecule has 234 valence electrons. The first-order chi connectivity index (χ1) is 21.7. The van der Waals surface area contributed by atoms with Crippen LogP contribution < -0.4 is 19.7 Å². The van der Waals surface area contributed by atoms with E-state index in [9.17, 15) is 23.6 Å². The second-order valence-electron chi connectivity index (χ2n) is 10.1. The summed E-state index contributed by atoms with van der Waals surface area (Å²) < 4.78 is 25.1. The van der Waals surface area contributed by atoms with Gasteiger partial charge in [0, 0.05) is 37.6 Å². The standard InChI is InChI=1S/C32H30BrFN4O6S/c1-2-43-26-17-21(16-25(33)30(26)44-20-28(39)35-23-10-8-22(34)9-11-23)18-27-31(41)38(32(42)45-27)19-29(40)37-14-12-36(13-15-37)24-6-4-3-5-7-24/h3-11,16-18H,2,12-15,19-20H2,1H3,(H,35,39)/b27-18+. The zero-order chi connectivity index (χ0) is 31.9. The molecule has 2 aliphatic rings. The number of carbonyl (C=O) groups is 4. The molecule has 0 aliphatic carbocycles. The summed E-state index contributed by atoms with van der Waals surface area (Å²) in [6.45, 7) is 3.73. The highest BCUT2D eigenvalue weighted by Gasteiger charge is 2.37. The average molecular weight is 698 g/mol. The van der Waals surface area contributed by atoms with Crippen molar-refractivity contribution in [1.82, 2.24) is 9.80 Å². The predicted octanol–water partition coefficient (Wildman–Crippen LogP) is 5.39. The van der Waals surface area contributed by atoms with Gasteiger partial charge >= 0.3 is 0 Å². The lowest BCUT2D eigenvalue weighted by Gasteiger charge is -2.36. The summed E-state index contributed by atoms with van der Waals surface area (Å²) in [7, 11) is 0. The predicted molar refractivity (Wildman–Crippen MR) is 174 cm³/mol. The van der Waals surface area contributed by atoms with Gasteiger partial charge in [-0.2, -0.15) is 0 Å². The second kappa shape index (κ2) is 14.6. The monoisotopic (exact) mass is 696 g/mol. The van der Waals surface area contributed by atoms with Crippen molar-refractivity contribution >= 4 is 68.1 Å². The smallest absolute Gasteiger partial charge is 0.294 e. The number of amides is 4. The molecule has 45 heavy (non-hydrogen) atoms. The van der Waals surface area contributed by atoms with Gasteiger partial charge in [0.2, 0.25) is 5.91 Å². The van der Waals surface area contributed by atoms with Crippen molar-refractivity contribution in [3.05, 3.63) is 87.5 Å². The van der Waals surface area contributed by atoms with Crippen molar-refractivity contribution in [2.45, 2.75) is 6.92 Å². The van der Waals surface area contributed by atoms with Crippen LogP contribution in [0.15, 0.2) is 76.1 Å². The topological polar surface area (TPSA) is 108 Å². The molecule has 2 heterocycles. The van der Waals surface area contributed by atoms with Gasteiger partial charge in [-0.05, 0) is 94.8 Å². The Balaban J connectivity index is 1.21. The molecule has 13 heteroatoms. The van der Waals surface area contributed by atoms with Crippen LogP contribution in [0.5, 0.6) is 11.5 Å². The van der Waals surface area contributed by atoms with Crippen LogP contribution in [0, 0.1) is 5.82 Å². The summed E-state index contributed by atoms with van der Waals surface area (Å²) in [4.78, 5) is 56.4. The number of anilines is 2. The molecule has 4 amide bonds. The van der Waals surface area contributed by atoms with E-state index in [-0.39, 0.29) is 29.7 Å². The number of hydrogen-bond donors (Lipinski definition) is 1. The molecule has 2 aliphatic heterocycles. The molecule has 3 aromatic rings. The molecule has 0 atom stereocenters. The largest absolute Gasteiger partial charge is 0.490 e. The summed E-state index contributed by atoms with van der Waals surface area (Å²) >= 11 is 4.21. The van der Waals surface area contributed by atoms with Gasteiger partial charge in [0.05, 0.1) is 16.0 Å². The molecule has 2 fully saturated rings. The summed E-state index contributed by atoms with van der Waals surface area (Å²) in [5.74, 6) is -1.11. The van der Waals surface area contributed by atoms with E-state index < -0.39 is 22.9 Å². The molecule has 3 aromatic carbocycles. The SMILES string of the molecule is CCOc1cc(/C=C2/SC(=O)N(CC(=O)N3CCN(c4ccccc4)CC3)C2=O)cc(Br)c1OCC(=O)Nc1ccc(F)cc1. The van der Waals surface area contributed by atoms with Crippen molar-refractivity contribution in [2.75, 3.05) is 56.2 Å². The van der Waals surface area contributed by atoms with Crippen LogP contribution in [0.3, 0.4) is 0 Å². The Kier molecular flexibility index (Phi) is 10.4. The molecule has 0 spiro atoms. The quantitative estimate of drug-likeness (QED) is 0.281. The van der Waals surface area contributed by atoms with Gasteiger partial charge in [0.15, 0.2) is 18.1 Å². The van der Waals surface area contributed by atoms with Gasteiger partial charge in [0.25, 0.3) is 17.1 Å². The third kappa shape index (κ3) is 8.03. The fourth-order valence-electron chi connectivity index (χ4n) is 4.82. The average Bonchev–Trinajstić information content (AvgIpc) is 3.29. The normalized spacial score (nSPS) is 15.9. The Bertz CT molecular complexity index is 1610. The zero-order valence-corrected chi connectivity index (χ0v) is 26.7. The fourth-order valence-corrected chi connectivity index (χ4v) is 6.23. The van der Waals surface area contributed by atoms with E-state index in [2.05, 4.69) is 26.1 Å². The summed E-state index contributed by atoms with van der Waals surface area (Å²) in [6.07, 6.45) is 1.55. The molecule has 0 aromatic heterocycles. The third-order valence-corrected chi connectivity index (χ3v) is 8.52. The third-order valence-electron chi connectivity index (χ3n) is 7.03. The maximum atomic E-state index is 13.2. The summed E-state index contributed by atoms with van der Waals surface area (Å²) in [5, 5.41) is 2.11. The van der Waals surface area contributed by atoms with E-state index in [4.69, 9.17) is 9.47 Å². The van der Waals surface area contributed by atoms with Crippen LogP contribution in [0.25, 0.3) is 6.08 Å². The maximum absolute atomic E-state index is 13.2. The van der Waals surface area contributed by atoms with Crippen molar-refractivity contribution in [2.24, 2.45) is 0 Å². The fraction of sp³-hybridized carbons (Fsp3) is 0.250. The number of imide groups is 1. The first kappa shape index (κ1) is 32.0. The van der Waals surface area contributed by atoms with E-state index in [1.165, 1.54) is 24.3 Å². The first-order valence-corrected chi connectivity index (χ1v) is 15.8. The second-order valence-corrected chi connectivity index (χ2v) is 11.9. The van der Waals surface area contributed by atoms with E-state index in [1.54, 1.807) is 30.0 Å². The molecule has 1 N–H and O–H groups in total. The minimum atomic E-state index is -0.548. The summed E-state index contributed by atoms with van der Waals surface area (Å²) in [5.41, 5.74) is 2.06. The van der Waals surface area contributed by atoms with Gasteiger partial charge in [-0.3, -0.25) is 24.1 Å². The number of hydrogen-bond acceptors (Lipinski definition) is 8.